The van der Waals surface area contributed by atoms with E-state index in [-0.39, 0.29) is 5.75 Å². The first kappa shape index (κ1) is 13.6. The molecule has 1 N–H and O–H groups in total. The van der Waals surface area contributed by atoms with Crippen molar-refractivity contribution in [2.24, 2.45) is 10.2 Å². The van der Waals surface area contributed by atoms with Gasteiger partial charge in [-0.3, -0.25) is 4.40 Å². The molecule has 0 unspecified atom stereocenters. The standard InChI is InChI=1S/C15H13ClN4O/c1-9-4-3-7-20-14(9)17-10(2)15(20)19-18-12-8-11(16)5-6-13(12)21/h3-8,21H,1-2H3. The van der Waals surface area contributed by atoms with Crippen molar-refractivity contribution in [3.63, 3.8) is 0 Å². The summed E-state index contributed by atoms with van der Waals surface area (Å²) in [4.78, 5) is 4.49. The molecule has 0 aliphatic rings. The molecule has 0 fully saturated rings. The van der Waals surface area contributed by atoms with E-state index in [4.69, 9.17) is 11.6 Å². The van der Waals surface area contributed by atoms with Crippen LogP contribution in [0.4, 0.5) is 11.5 Å². The van der Waals surface area contributed by atoms with E-state index in [0.717, 1.165) is 16.9 Å². The summed E-state index contributed by atoms with van der Waals surface area (Å²) in [5, 5.41) is 18.5. The lowest BCUT2D eigenvalue weighted by atomic mass is 10.3. The van der Waals surface area contributed by atoms with Crippen molar-refractivity contribution in [1.82, 2.24) is 9.38 Å². The van der Waals surface area contributed by atoms with Gasteiger partial charge in [0.15, 0.2) is 5.82 Å². The van der Waals surface area contributed by atoms with Gasteiger partial charge in [0.2, 0.25) is 0 Å². The number of nitrogens with zero attached hydrogens (tertiary/aromatic N) is 4. The highest BCUT2D eigenvalue weighted by Gasteiger charge is 2.09. The molecule has 0 aliphatic carbocycles. The zero-order chi connectivity index (χ0) is 15.0. The number of fused-ring (bicyclic) bond motifs is 1. The molecule has 106 valence electrons. The van der Waals surface area contributed by atoms with Crippen LogP contribution in [0, 0.1) is 13.8 Å². The summed E-state index contributed by atoms with van der Waals surface area (Å²) in [6.07, 6.45) is 1.88. The second-order valence-electron chi connectivity index (χ2n) is 4.74. The minimum absolute atomic E-state index is 0.0332. The number of rotatable bonds is 2. The summed E-state index contributed by atoms with van der Waals surface area (Å²) < 4.78 is 1.87. The van der Waals surface area contributed by atoms with Gasteiger partial charge in [-0.15, -0.1) is 10.2 Å². The Kier molecular flexibility index (Phi) is 3.35. The van der Waals surface area contributed by atoms with Crippen LogP contribution in [0.1, 0.15) is 11.3 Å². The van der Waals surface area contributed by atoms with E-state index in [1.54, 1.807) is 12.1 Å². The van der Waals surface area contributed by atoms with E-state index in [9.17, 15) is 5.11 Å². The van der Waals surface area contributed by atoms with Gasteiger partial charge < -0.3 is 5.11 Å². The molecule has 3 rings (SSSR count). The molecule has 2 heterocycles. The number of hydrogen-bond donors (Lipinski definition) is 1. The zero-order valence-electron chi connectivity index (χ0n) is 11.6. The number of aryl methyl sites for hydroxylation is 2. The van der Waals surface area contributed by atoms with Gasteiger partial charge in [0.1, 0.15) is 17.1 Å². The maximum Gasteiger partial charge on any atom is 0.182 e. The lowest BCUT2D eigenvalue weighted by Crippen LogP contribution is -1.85. The van der Waals surface area contributed by atoms with Crippen molar-refractivity contribution in [1.29, 1.82) is 0 Å². The van der Waals surface area contributed by atoms with Crippen molar-refractivity contribution in [3.8, 4) is 5.75 Å². The fourth-order valence-electron chi connectivity index (χ4n) is 2.10. The van der Waals surface area contributed by atoms with E-state index >= 15 is 0 Å². The van der Waals surface area contributed by atoms with Gasteiger partial charge in [-0.05, 0) is 43.7 Å². The average molecular weight is 301 g/mol. The Morgan fingerprint density at radius 3 is 2.81 bits per heavy atom. The third-order valence-corrected chi connectivity index (χ3v) is 3.41. The van der Waals surface area contributed by atoms with Crippen LogP contribution in [0.25, 0.3) is 5.65 Å². The van der Waals surface area contributed by atoms with Gasteiger partial charge in [-0.1, -0.05) is 17.7 Å². The fraction of sp³-hybridized carbons (Fsp3) is 0.133. The molecular weight excluding hydrogens is 288 g/mol. The topological polar surface area (TPSA) is 62.2 Å². The molecule has 3 aromatic rings. The number of aromatic hydroxyl groups is 1. The van der Waals surface area contributed by atoms with Crippen LogP contribution in [0.3, 0.4) is 0 Å². The SMILES string of the molecule is Cc1nc2c(C)cccn2c1N=Nc1cc(Cl)ccc1O. The summed E-state index contributed by atoms with van der Waals surface area (Å²) in [7, 11) is 0. The first-order valence-electron chi connectivity index (χ1n) is 6.41. The minimum atomic E-state index is 0.0332. The molecular formula is C15H13ClN4O. The lowest BCUT2D eigenvalue weighted by molar-refractivity contribution is 0.476. The van der Waals surface area contributed by atoms with Crippen LogP contribution in [-0.4, -0.2) is 14.5 Å². The Hall–Kier alpha value is -2.40. The molecule has 0 bridgehead atoms. The number of benzene rings is 1. The second-order valence-corrected chi connectivity index (χ2v) is 5.18. The molecule has 21 heavy (non-hydrogen) atoms. The number of hydrogen-bond acceptors (Lipinski definition) is 4. The van der Waals surface area contributed by atoms with Gasteiger partial charge in [0, 0.05) is 11.2 Å². The molecule has 0 spiro atoms. The van der Waals surface area contributed by atoms with Crippen LogP contribution >= 0.6 is 11.6 Å². The van der Waals surface area contributed by atoms with Crippen LogP contribution in [0.5, 0.6) is 5.75 Å². The first-order chi connectivity index (χ1) is 10.1. The van der Waals surface area contributed by atoms with Crippen LogP contribution < -0.4 is 0 Å². The molecule has 0 aliphatic heterocycles. The smallest absolute Gasteiger partial charge is 0.182 e. The number of azo groups is 1. The molecule has 1 aromatic carbocycles. The minimum Gasteiger partial charge on any atom is -0.506 e. The van der Waals surface area contributed by atoms with Crippen molar-refractivity contribution in [2.75, 3.05) is 0 Å². The highest BCUT2D eigenvalue weighted by Crippen LogP contribution is 2.31. The van der Waals surface area contributed by atoms with Crippen molar-refractivity contribution >= 4 is 28.8 Å². The Morgan fingerprint density at radius 1 is 1.19 bits per heavy atom. The Morgan fingerprint density at radius 2 is 2.00 bits per heavy atom. The number of imidazole rings is 1. The highest BCUT2D eigenvalue weighted by atomic mass is 35.5. The molecule has 0 amide bonds. The lowest BCUT2D eigenvalue weighted by Gasteiger charge is -2.00. The van der Waals surface area contributed by atoms with E-state index in [2.05, 4.69) is 15.2 Å². The summed E-state index contributed by atoms with van der Waals surface area (Å²) in [6.45, 7) is 3.87. The summed E-state index contributed by atoms with van der Waals surface area (Å²) in [6, 6.07) is 8.57. The first-order valence-corrected chi connectivity index (χ1v) is 6.78. The number of phenols is 1. The van der Waals surface area contributed by atoms with Crippen LogP contribution in [0.15, 0.2) is 46.8 Å². The predicted octanol–water partition coefficient (Wildman–Crippen LogP) is 4.73. The van der Waals surface area contributed by atoms with Gasteiger partial charge in [-0.25, -0.2) is 4.98 Å². The largest absolute Gasteiger partial charge is 0.506 e. The Bertz CT molecular complexity index is 854. The molecule has 0 atom stereocenters. The summed E-state index contributed by atoms with van der Waals surface area (Å²) in [5.41, 5.74) is 3.01. The quantitative estimate of drug-likeness (QED) is 0.696. The van der Waals surface area contributed by atoms with Gasteiger partial charge in [-0.2, -0.15) is 0 Å². The number of halogens is 1. The van der Waals surface area contributed by atoms with E-state index in [1.165, 1.54) is 6.07 Å². The second kappa shape index (κ2) is 5.18. The van der Waals surface area contributed by atoms with Crippen molar-refractivity contribution < 1.29 is 5.11 Å². The number of aromatic nitrogens is 2. The van der Waals surface area contributed by atoms with E-state index < -0.39 is 0 Å². The predicted molar refractivity (Wildman–Crippen MR) is 82.0 cm³/mol. The Labute approximate surface area is 126 Å². The zero-order valence-corrected chi connectivity index (χ0v) is 12.3. The normalized spacial score (nSPS) is 11.6. The summed E-state index contributed by atoms with van der Waals surface area (Å²) in [5.74, 6) is 0.666. The Balaban J connectivity index is 2.09. The van der Waals surface area contributed by atoms with Crippen molar-refractivity contribution in [3.05, 3.63) is 52.8 Å². The van der Waals surface area contributed by atoms with Crippen molar-refractivity contribution in [2.45, 2.75) is 13.8 Å². The molecule has 0 saturated heterocycles. The monoisotopic (exact) mass is 300 g/mol. The molecule has 0 saturated carbocycles. The molecule has 5 nitrogen and oxygen atoms in total. The summed E-state index contributed by atoms with van der Waals surface area (Å²) >= 11 is 5.89. The number of phenolic OH excluding ortho intramolecular Hbond substituents is 1. The molecule has 0 radical (unpaired) electrons. The molecule has 6 heteroatoms. The number of pyridine rings is 1. The van der Waals surface area contributed by atoms with E-state index in [1.807, 2.05) is 36.6 Å². The maximum atomic E-state index is 9.76. The third-order valence-electron chi connectivity index (χ3n) is 3.18. The van der Waals surface area contributed by atoms with Crippen LogP contribution in [0.2, 0.25) is 5.02 Å². The fourth-order valence-corrected chi connectivity index (χ4v) is 2.27. The third kappa shape index (κ3) is 2.48. The average Bonchev–Trinajstić information content (AvgIpc) is 2.77. The highest BCUT2D eigenvalue weighted by molar-refractivity contribution is 6.30. The van der Waals surface area contributed by atoms with Crippen LogP contribution in [-0.2, 0) is 0 Å². The maximum absolute atomic E-state index is 9.76. The van der Waals surface area contributed by atoms with Gasteiger partial charge in [0.05, 0.1) is 5.69 Å². The van der Waals surface area contributed by atoms with E-state index in [0.29, 0.717) is 16.5 Å². The molecule has 2 aromatic heterocycles. The van der Waals surface area contributed by atoms with Gasteiger partial charge in [0.25, 0.3) is 0 Å². The van der Waals surface area contributed by atoms with Gasteiger partial charge >= 0.3 is 0 Å².